The van der Waals surface area contributed by atoms with Crippen molar-refractivity contribution in [3.8, 4) is 0 Å². The molecule has 0 fully saturated rings. The molecule has 0 aliphatic carbocycles. The van der Waals surface area contributed by atoms with Gasteiger partial charge in [-0.25, -0.2) is 0 Å². The largest absolute Gasteiger partial charge is 0.370 e. The van der Waals surface area contributed by atoms with Gasteiger partial charge in [-0.3, -0.25) is 9.69 Å². The van der Waals surface area contributed by atoms with Crippen LogP contribution < -0.4 is 5.73 Å². The molecule has 0 bridgehead atoms. The molecule has 4 nitrogen and oxygen atoms in total. The lowest BCUT2D eigenvalue weighted by atomic mass is 9.96. The molecule has 1 aromatic carbocycles. The van der Waals surface area contributed by atoms with E-state index in [1.54, 1.807) is 18.7 Å². The summed E-state index contributed by atoms with van der Waals surface area (Å²) in [6.07, 6.45) is 1.55. The molecule has 3 rings (SSSR count). The third-order valence-electron chi connectivity index (χ3n) is 4.30. The number of carbonyl (C=O) groups is 1. The van der Waals surface area contributed by atoms with Crippen molar-refractivity contribution in [1.29, 1.82) is 0 Å². The Balaban J connectivity index is 2.01. The van der Waals surface area contributed by atoms with E-state index in [-0.39, 0.29) is 16.9 Å². The summed E-state index contributed by atoms with van der Waals surface area (Å²) in [7, 11) is 0. The number of benzene rings is 1. The standard InChI is InChI=1S/C17H22N2O2S/c1-12(20)19-14-8-11-21-17(2,9-10-18)15(14)22-16(19)13-6-4-3-5-7-13/h3-7,16H,8-11,18H2,1-2H3. The lowest BCUT2D eigenvalue weighted by Crippen LogP contribution is -2.38. The van der Waals surface area contributed by atoms with Crippen LogP contribution in [0.25, 0.3) is 0 Å². The van der Waals surface area contributed by atoms with Crippen molar-refractivity contribution < 1.29 is 9.53 Å². The molecule has 22 heavy (non-hydrogen) atoms. The lowest BCUT2D eigenvalue weighted by molar-refractivity contribution is -0.128. The van der Waals surface area contributed by atoms with Gasteiger partial charge < -0.3 is 10.5 Å². The predicted molar refractivity (Wildman–Crippen MR) is 89.0 cm³/mol. The smallest absolute Gasteiger partial charge is 0.224 e. The van der Waals surface area contributed by atoms with Gasteiger partial charge in [0, 0.05) is 23.9 Å². The SMILES string of the molecule is CC(=O)N1C2=C(SC1c1ccccc1)C(C)(CCN)OCC2. The number of hydrogen-bond donors (Lipinski definition) is 1. The zero-order valence-corrected chi connectivity index (χ0v) is 13.9. The van der Waals surface area contributed by atoms with E-state index in [1.165, 1.54) is 4.91 Å². The van der Waals surface area contributed by atoms with Crippen LogP contribution in [0.5, 0.6) is 0 Å². The van der Waals surface area contributed by atoms with Crippen molar-refractivity contribution in [1.82, 2.24) is 4.90 Å². The van der Waals surface area contributed by atoms with Gasteiger partial charge in [0.1, 0.15) is 5.37 Å². The number of amides is 1. The van der Waals surface area contributed by atoms with E-state index in [0.29, 0.717) is 13.2 Å². The highest BCUT2D eigenvalue weighted by Crippen LogP contribution is 2.55. The van der Waals surface area contributed by atoms with Crippen LogP contribution in [0.15, 0.2) is 40.9 Å². The van der Waals surface area contributed by atoms with Crippen molar-refractivity contribution >= 4 is 17.7 Å². The summed E-state index contributed by atoms with van der Waals surface area (Å²) < 4.78 is 6.04. The average Bonchev–Trinajstić information content (AvgIpc) is 2.90. The molecule has 0 aromatic heterocycles. The number of nitrogens with zero attached hydrogens (tertiary/aromatic N) is 1. The fourth-order valence-corrected chi connectivity index (χ4v) is 4.88. The summed E-state index contributed by atoms with van der Waals surface area (Å²) in [6.45, 7) is 4.94. The highest BCUT2D eigenvalue weighted by atomic mass is 32.2. The Morgan fingerprint density at radius 1 is 1.45 bits per heavy atom. The summed E-state index contributed by atoms with van der Waals surface area (Å²) >= 11 is 1.74. The van der Waals surface area contributed by atoms with Crippen molar-refractivity contribution in [3.05, 3.63) is 46.5 Å². The molecule has 2 aliphatic rings. The van der Waals surface area contributed by atoms with Gasteiger partial charge in [-0.2, -0.15) is 0 Å². The molecule has 2 atom stereocenters. The number of rotatable bonds is 3. The van der Waals surface area contributed by atoms with Crippen LogP contribution >= 0.6 is 11.8 Å². The normalized spacial score (nSPS) is 28.0. The van der Waals surface area contributed by atoms with Crippen LogP contribution in [0.3, 0.4) is 0 Å². The summed E-state index contributed by atoms with van der Waals surface area (Å²) in [5, 5.41) is 0.00231. The minimum atomic E-state index is -0.371. The van der Waals surface area contributed by atoms with Crippen molar-refractivity contribution in [2.24, 2.45) is 5.73 Å². The number of ether oxygens (including phenoxy) is 1. The van der Waals surface area contributed by atoms with Crippen molar-refractivity contribution in [3.63, 3.8) is 0 Å². The van der Waals surface area contributed by atoms with Gasteiger partial charge in [0.2, 0.25) is 5.91 Å². The first-order valence-corrected chi connectivity index (χ1v) is 8.54. The number of carbonyl (C=O) groups excluding carboxylic acids is 1. The van der Waals surface area contributed by atoms with E-state index in [2.05, 4.69) is 19.1 Å². The van der Waals surface area contributed by atoms with Crippen LogP contribution in [0.2, 0.25) is 0 Å². The lowest BCUT2D eigenvalue weighted by Gasteiger charge is -2.35. The van der Waals surface area contributed by atoms with Gasteiger partial charge in [0.15, 0.2) is 0 Å². The van der Waals surface area contributed by atoms with Crippen LogP contribution in [0, 0.1) is 0 Å². The molecule has 5 heteroatoms. The monoisotopic (exact) mass is 318 g/mol. The quantitative estimate of drug-likeness (QED) is 0.931. The molecule has 2 heterocycles. The highest BCUT2D eigenvalue weighted by molar-refractivity contribution is 8.03. The minimum absolute atomic E-state index is 0.00231. The summed E-state index contributed by atoms with van der Waals surface area (Å²) in [5.74, 6) is 0.0864. The molecule has 0 saturated heterocycles. The van der Waals surface area contributed by atoms with Crippen LogP contribution in [0.4, 0.5) is 0 Å². The Labute approximate surface area is 135 Å². The fraction of sp³-hybridized carbons (Fsp3) is 0.471. The first-order valence-electron chi connectivity index (χ1n) is 7.66. The average molecular weight is 318 g/mol. The van der Waals surface area contributed by atoms with E-state index < -0.39 is 0 Å². The zero-order chi connectivity index (χ0) is 15.7. The first-order chi connectivity index (χ1) is 10.6. The Bertz CT molecular complexity index is 602. The van der Waals surface area contributed by atoms with E-state index in [9.17, 15) is 4.79 Å². The van der Waals surface area contributed by atoms with Gasteiger partial charge in [-0.05, 0) is 25.5 Å². The molecular formula is C17H22N2O2S. The van der Waals surface area contributed by atoms with Gasteiger partial charge in [0.05, 0.1) is 12.2 Å². The van der Waals surface area contributed by atoms with Crippen molar-refractivity contribution in [2.45, 2.75) is 37.7 Å². The molecule has 118 valence electrons. The first kappa shape index (κ1) is 15.6. The number of hydrogen-bond acceptors (Lipinski definition) is 4. The predicted octanol–water partition coefficient (Wildman–Crippen LogP) is 3.02. The van der Waals surface area contributed by atoms with Gasteiger partial charge in [-0.15, -0.1) is 0 Å². The maximum absolute atomic E-state index is 12.3. The second kappa shape index (κ2) is 6.07. The Hall–Kier alpha value is -1.30. The van der Waals surface area contributed by atoms with Gasteiger partial charge >= 0.3 is 0 Å². The van der Waals surface area contributed by atoms with E-state index in [1.807, 2.05) is 23.1 Å². The molecule has 1 amide bonds. The second-order valence-corrected chi connectivity index (χ2v) is 7.00. The molecule has 0 spiro atoms. The third-order valence-corrected chi connectivity index (χ3v) is 5.91. The summed E-state index contributed by atoms with van der Waals surface area (Å²) in [5.41, 5.74) is 7.67. The fourth-order valence-electron chi connectivity index (χ4n) is 3.24. The minimum Gasteiger partial charge on any atom is -0.370 e. The number of thioether (sulfide) groups is 1. The summed E-state index contributed by atoms with van der Waals surface area (Å²) in [4.78, 5) is 15.4. The highest BCUT2D eigenvalue weighted by Gasteiger charge is 2.46. The maximum atomic E-state index is 12.3. The van der Waals surface area contributed by atoms with Crippen LogP contribution in [-0.4, -0.2) is 29.6 Å². The Morgan fingerprint density at radius 3 is 2.82 bits per heavy atom. The van der Waals surface area contributed by atoms with Gasteiger partial charge in [-0.1, -0.05) is 42.1 Å². The summed E-state index contributed by atoms with van der Waals surface area (Å²) in [6, 6.07) is 10.2. The van der Waals surface area contributed by atoms with Gasteiger partial charge in [0.25, 0.3) is 0 Å². The second-order valence-electron chi connectivity index (χ2n) is 5.91. The van der Waals surface area contributed by atoms with E-state index in [4.69, 9.17) is 10.5 Å². The Morgan fingerprint density at radius 2 is 2.18 bits per heavy atom. The van der Waals surface area contributed by atoms with Crippen molar-refractivity contribution in [2.75, 3.05) is 13.2 Å². The van der Waals surface area contributed by atoms with E-state index >= 15 is 0 Å². The molecule has 2 aliphatic heterocycles. The molecule has 2 N–H and O–H groups in total. The van der Waals surface area contributed by atoms with E-state index in [0.717, 1.165) is 24.1 Å². The maximum Gasteiger partial charge on any atom is 0.224 e. The zero-order valence-electron chi connectivity index (χ0n) is 13.0. The Kier molecular flexibility index (Phi) is 4.30. The van der Waals surface area contributed by atoms with Crippen LogP contribution in [-0.2, 0) is 9.53 Å². The number of nitrogens with two attached hydrogens (primary N) is 1. The molecule has 0 saturated carbocycles. The van der Waals surface area contributed by atoms with Crippen LogP contribution in [0.1, 0.15) is 37.6 Å². The molecule has 0 radical (unpaired) electrons. The molecule has 2 unspecified atom stereocenters. The topological polar surface area (TPSA) is 55.6 Å². The third kappa shape index (κ3) is 2.57. The molecular weight excluding hydrogens is 296 g/mol. The molecule has 1 aromatic rings.